The third-order valence-corrected chi connectivity index (χ3v) is 5.18. The van der Waals surface area contributed by atoms with Gasteiger partial charge in [0.2, 0.25) is 0 Å². The number of aromatic nitrogens is 1. The van der Waals surface area contributed by atoms with Gasteiger partial charge in [-0.25, -0.2) is 10.0 Å². The molecule has 114 valence electrons. The lowest BCUT2D eigenvalue weighted by molar-refractivity contribution is 0.255. The van der Waals surface area contributed by atoms with Crippen LogP contribution in [-0.4, -0.2) is 16.3 Å². The largest absolute Gasteiger partial charge is 0.346 e. The van der Waals surface area contributed by atoms with Crippen LogP contribution in [0.2, 0.25) is 0 Å². The molecule has 6 heteroatoms. The normalized spacial score (nSPS) is 27.9. The van der Waals surface area contributed by atoms with Crippen molar-refractivity contribution in [1.29, 1.82) is 5.26 Å². The van der Waals surface area contributed by atoms with Crippen molar-refractivity contribution in [3.8, 4) is 6.07 Å². The SMILES string of the molecule is CC(C#N)[C@H]1CC[C@H](C2=C3c4cc[nH]c4N=CN3NN2)CC1. The van der Waals surface area contributed by atoms with E-state index in [4.69, 9.17) is 5.26 Å². The summed E-state index contributed by atoms with van der Waals surface area (Å²) in [5.74, 6) is 2.15. The monoisotopic (exact) mass is 296 g/mol. The van der Waals surface area contributed by atoms with E-state index in [9.17, 15) is 0 Å². The molecule has 1 saturated carbocycles. The number of nitrogens with one attached hydrogen (secondary N) is 3. The highest BCUT2D eigenvalue weighted by Gasteiger charge is 2.34. The highest BCUT2D eigenvalue weighted by atomic mass is 15.7. The molecule has 0 radical (unpaired) electrons. The summed E-state index contributed by atoms with van der Waals surface area (Å²) >= 11 is 0. The number of hydrogen-bond acceptors (Lipinski definition) is 5. The Morgan fingerprint density at radius 2 is 2.18 bits per heavy atom. The molecule has 0 saturated heterocycles. The second kappa shape index (κ2) is 5.18. The molecule has 3 aliphatic rings. The van der Waals surface area contributed by atoms with Crippen LogP contribution in [0.1, 0.15) is 38.2 Å². The first kappa shape index (κ1) is 13.4. The Morgan fingerprint density at radius 1 is 1.36 bits per heavy atom. The lowest BCUT2D eigenvalue weighted by Crippen LogP contribution is -2.38. The van der Waals surface area contributed by atoms with E-state index >= 15 is 0 Å². The fourth-order valence-corrected chi connectivity index (χ4v) is 3.81. The number of allylic oxidation sites excluding steroid dienone is 1. The molecule has 6 nitrogen and oxygen atoms in total. The smallest absolute Gasteiger partial charge is 0.141 e. The molecule has 1 aliphatic carbocycles. The third-order valence-electron chi connectivity index (χ3n) is 5.18. The van der Waals surface area contributed by atoms with Crippen molar-refractivity contribution in [2.45, 2.75) is 32.6 Å². The Kier molecular flexibility index (Phi) is 3.16. The van der Waals surface area contributed by atoms with E-state index in [1.807, 2.05) is 18.1 Å². The first-order chi connectivity index (χ1) is 10.8. The maximum Gasteiger partial charge on any atom is 0.141 e. The maximum absolute atomic E-state index is 9.10. The standard InChI is InChI=1S/C16H20N6/c1-10(8-17)11-2-4-12(5-3-11)14-15-13-6-7-18-16(13)19-9-22(15)21-20-14/h6-7,9-12,18,20-21H,2-5H2,1H3/t10?,11-,12-. The molecule has 3 heterocycles. The van der Waals surface area contributed by atoms with E-state index in [1.165, 1.54) is 11.4 Å². The molecule has 1 unspecified atom stereocenters. The molecule has 22 heavy (non-hydrogen) atoms. The maximum atomic E-state index is 9.10. The highest BCUT2D eigenvalue weighted by molar-refractivity contribution is 5.87. The van der Waals surface area contributed by atoms with Gasteiger partial charge in [0.05, 0.1) is 17.5 Å². The van der Waals surface area contributed by atoms with Crippen molar-refractivity contribution >= 4 is 17.9 Å². The summed E-state index contributed by atoms with van der Waals surface area (Å²) in [6.07, 6.45) is 8.26. The summed E-state index contributed by atoms with van der Waals surface area (Å²) in [6.45, 7) is 2.05. The van der Waals surface area contributed by atoms with E-state index in [1.54, 1.807) is 6.34 Å². The zero-order valence-corrected chi connectivity index (χ0v) is 12.6. The molecular formula is C16H20N6. The van der Waals surface area contributed by atoms with E-state index in [0.717, 1.165) is 37.1 Å². The van der Waals surface area contributed by atoms with E-state index in [2.05, 4.69) is 33.1 Å². The van der Waals surface area contributed by atoms with Gasteiger partial charge in [-0.15, -0.1) is 5.53 Å². The average Bonchev–Trinajstić information content (AvgIpc) is 3.19. The van der Waals surface area contributed by atoms with Crippen LogP contribution in [0.5, 0.6) is 0 Å². The van der Waals surface area contributed by atoms with Gasteiger partial charge in [-0.05, 0) is 44.6 Å². The quantitative estimate of drug-likeness (QED) is 0.784. The van der Waals surface area contributed by atoms with E-state index < -0.39 is 0 Å². The number of nitriles is 1. The lowest BCUT2D eigenvalue weighted by Gasteiger charge is -2.30. The molecule has 4 rings (SSSR count). The third kappa shape index (κ3) is 2.01. The van der Waals surface area contributed by atoms with Crippen molar-refractivity contribution in [3.05, 3.63) is 23.5 Å². The predicted octanol–water partition coefficient (Wildman–Crippen LogP) is 2.65. The van der Waals surface area contributed by atoms with Gasteiger partial charge in [0.1, 0.15) is 12.2 Å². The first-order valence-electron chi connectivity index (χ1n) is 7.94. The minimum atomic E-state index is 0.169. The summed E-state index contributed by atoms with van der Waals surface area (Å²) in [4.78, 5) is 7.57. The molecule has 0 aromatic carbocycles. The molecule has 0 amide bonds. The number of aromatic amines is 1. The fraction of sp³-hybridized carbons (Fsp3) is 0.500. The van der Waals surface area contributed by atoms with Crippen LogP contribution in [0, 0.1) is 29.1 Å². The summed E-state index contributed by atoms with van der Waals surface area (Å²) in [6, 6.07) is 4.48. The average molecular weight is 296 g/mol. The van der Waals surface area contributed by atoms with Crippen LogP contribution in [0.15, 0.2) is 23.0 Å². The second-order valence-electron chi connectivity index (χ2n) is 6.38. The van der Waals surface area contributed by atoms with Crippen LogP contribution in [-0.2, 0) is 0 Å². The van der Waals surface area contributed by atoms with Crippen molar-refractivity contribution in [3.63, 3.8) is 0 Å². The Bertz CT molecular complexity index is 671. The molecule has 1 aromatic heterocycles. The topological polar surface area (TPSA) is 79.2 Å². The Hall–Kier alpha value is -2.26. The molecule has 0 bridgehead atoms. The number of hydrogen-bond donors (Lipinski definition) is 3. The minimum Gasteiger partial charge on any atom is -0.346 e. The number of rotatable bonds is 2. The molecule has 2 aliphatic heterocycles. The molecular weight excluding hydrogens is 276 g/mol. The van der Waals surface area contributed by atoms with Crippen LogP contribution >= 0.6 is 0 Å². The zero-order valence-electron chi connectivity index (χ0n) is 12.6. The second-order valence-corrected chi connectivity index (χ2v) is 6.38. The van der Waals surface area contributed by atoms with Gasteiger partial charge in [-0.2, -0.15) is 5.26 Å². The van der Waals surface area contributed by atoms with Gasteiger partial charge in [-0.1, -0.05) is 0 Å². The van der Waals surface area contributed by atoms with Gasteiger partial charge < -0.3 is 10.4 Å². The Labute approximate surface area is 129 Å². The van der Waals surface area contributed by atoms with Crippen molar-refractivity contribution < 1.29 is 0 Å². The van der Waals surface area contributed by atoms with Crippen molar-refractivity contribution in [2.24, 2.45) is 22.7 Å². The lowest BCUT2D eigenvalue weighted by atomic mass is 9.75. The summed E-state index contributed by atoms with van der Waals surface area (Å²) in [5, 5.41) is 11.1. The van der Waals surface area contributed by atoms with E-state index in [0.29, 0.717) is 11.8 Å². The van der Waals surface area contributed by atoms with Crippen LogP contribution in [0.4, 0.5) is 5.82 Å². The van der Waals surface area contributed by atoms with Crippen molar-refractivity contribution in [1.82, 2.24) is 21.0 Å². The minimum absolute atomic E-state index is 0.169. The molecule has 3 N–H and O–H groups in total. The summed E-state index contributed by atoms with van der Waals surface area (Å²) in [5.41, 5.74) is 10.1. The number of H-pyrrole nitrogens is 1. The first-order valence-corrected chi connectivity index (χ1v) is 7.94. The number of aliphatic imine (C=N–C) groups is 1. The van der Waals surface area contributed by atoms with Gasteiger partial charge in [-0.3, -0.25) is 0 Å². The number of hydrazine groups is 2. The van der Waals surface area contributed by atoms with Crippen LogP contribution < -0.4 is 11.0 Å². The Balaban J connectivity index is 1.58. The predicted molar refractivity (Wildman–Crippen MR) is 84.2 cm³/mol. The fourth-order valence-electron chi connectivity index (χ4n) is 3.81. The summed E-state index contributed by atoms with van der Waals surface area (Å²) in [7, 11) is 0. The van der Waals surface area contributed by atoms with Gasteiger partial charge in [0, 0.05) is 23.6 Å². The van der Waals surface area contributed by atoms with E-state index in [-0.39, 0.29) is 5.92 Å². The summed E-state index contributed by atoms with van der Waals surface area (Å²) < 4.78 is 0. The van der Waals surface area contributed by atoms with Crippen molar-refractivity contribution in [2.75, 3.05) is 0 Å². The number of nitrogens with zero attached hydrogens (tertiary/aromatic N) is 3. The van der Waals surface area contributed by atoms with Gasteiger partial charge in [0.15, 0.2) is 0 Å². The van der Waals surface area contributed by atoms with Crippen LogP contribution in [0.25, 0.3) is 5.70 Å². The number of fused-ring (bicyclic) bond motifs is 3. The highest BCUT2D eigenvalue weighted by Crippen LogP contribution is 2.41. The molecule has 1 aromatic rings. The van der Waals surface area contributed by atoms with Gasteiger partial charge in [0.25, 0.3) is 0 Å². The zero-order chi connectivity index (χ0) is 15.1. The molecule has 1 fully saturated rings. The van der Waals surface area contributed by atoms with Crippen LogP contribution in [0.3, 0.4) is 0 Å². The van der Waals surface area contributed by atoms with Gasteiger partial charge >= 0.3 is 0 Å². The molecule has 0 spiro atoms. The Morgan fingerprint density at radius 3 is 2.95 bits per heavy atom. The molecule has 1 atom stereocenters.